The number of fused-ring (bicyclic) bond motifs is 5. The molecule has 0 saturated carbocycles. The Bertz CT molecular complexity index is 1360. The van der Waals surface area contributed by atoms with Gasteiger partial charge in [0.05, 0.1) is 30.9 Å². The van der Waals surface area contributed by atoms with E-state index in [0.717, 1.165) is 34.4 Å². The van der Waals surface area contributed by atoms with Crippen LogP contribution < -0.4 is 0 Å². The van der Waals surface area contributed by atoms with Crippen molar-refractivity contribution in [3.05, 3.63) is 100 Å². The van der Waals surface area contributed by atoms with Crippen molar-refractivity contribution in [3.63, 3.8) is 0 Å². The Balaban J connectivity index is 1.23. The molecule has 2 aliphatic heterocycles. The lowest BCUT2D eigenvalue weighted by atomic mass is 9.89. The van der Waals surface area contributed by atoms with Crippen molar-refractivity contribution in [1.29, 1.82) is 0 Å². The van der Waals surface area contributed by atoms with Crippen LogP contribution in [0.2, 0.25) is 5.02 Å². The molecule has 0 spiro atoms. The summed E-state index contributed by atoms with van der Waals surface area (Å²) in [5, 5.41) is 0.243. The highest BCUT2D eigenvalue weighted by molar-refractivity contribution is 6.32. The van der Waals surface area contributed by atoms with E-state index in [2.05, 4.69) is 24.3 Å². The van der Waals surface area contributed by atoms with Crippen molar-refractivity contribution in [2.24, 2.45) is 0 Å². The molecule has 1 aliphatic carbocycles. The third kappa shape index (κ3) is 4.30. The minimum atomic E-state index is -4.47. The summed E-state index contributed by atoms with van der Waals surface area (Å²) in [5.41, 5.74) is 4.80. The fraction of sp³-hybridized carbons (Fsp3) is 0.276. The first-order valence-electron chi connectivity index (χ1n) is 12.1. The van der Waals surface area contributed by atoms with Crippen LogP contribution in [0.1, 0.15) is 34.6 Å². The lowest BCUT2D eigenvalue weighted by Crippen LogP contribution is -2.56. The molecule has 0 radical (unpaired) electrons. The number of morpholine rings is 1. The molecule has 1 fully saturated rings. The Kier molecular flexibility index (Phi) is 6.00. The molecule has 3 aromatic rings. The van der Waals surface area contributed by atoms with Crippen LogP contribution in [0.3, 0.4) is 0 Å². The van der Waals surface area contributed by atoms with Gasteiger partial charge in [-0.3, -0.25) is 4.90 Å². The van der Waals surface area contributed by atoms with Crippen molar-refractivity contribution in [3.8, 4) is 11.1 Å². The maximum atomic E-state index is 13.3. The SMILES string of the molecule is O=C(OCC1c2ccccc2-c2ccccc21)N1C2C=C(c3cc(C(F)(F)F)ccc3Cl)CC1COC2. The summed E-state index contributed by atoms with van der Waals surface area (Å²) < 4.78 is 51.5. The number of halogens is 4. The third-order valence-corrected chi connectivity index (χ3v) is 7.71. The van der Waals surface area contributed by atoms with Gasteiger partial charge in [-0.2, -0.15) is 13.2 Å². The Morgan fingerprint density at radius 2 is 1.65 bits per heavy atom. The van der Waals surface area contributed by atoms with Crippen LogP contribution in [-0.2, 0) is 15.7 Å². The summed E-state index contributed by atoms with van der Waals surface area (Å²) in [6, 6.07) is 18.7. The molecular weight excluding hydrogens is 503 g/mol. The smallest absolute Gasteiger partial charge is 0.416 e. The molecule has 2 unspecified atom stereocenters. The topological polar surface area (TPSA) is 38.8 Å². The molecular formula is C29H23ClF3NO3. The molecule has 4 nitrogen and oxygen atoms in total. The number of amides is 1. The highest BCUT2D eigenvalue weighted by Gasteiger charge is 2.40. The quantitative estimate of drug-likeness (QED) is 0.364. The summed E-state index contributed by atoms with van der Waals surface area (Å²) in [6.45, 7) is 0.703. The molecule has 1 saturated heterocycles. The van der Waals surface area contributed by atoms with E-state index in [9.17, 15) is 18.0 Å². The summed E-state index contributed by atoms with van der Waals surface area (Å²) >= 11 is 6.30. The van der Waals surface area contributed by atoms with Crippen LogP contribution in [0.15, 0.2) is 72.8 Å². The van der Waals surface area contributed by atoms with Gasteiger partial charge in [0.15, 0.2) is 0 Å². The van der Waals surface area contributed by atoms with Gasteiger partial charge < -0.3 is 9.47 Å². The van der Waals surface area contributed by atoms with Gasteiger partial charge in [-0.05, 0) is 58.0 Å². The van der Waals surface area contributed by atoms with Gasteiger partial charge in [-0.1, -0.05) is 66.2 Å². The lowest BCUT2D eigenvalue weighted by Gasteiger charge is -2.44. The number of carbonyl (C=O) groups is 1. The molecule has 6 rings (SSSR count). The summed E-state index contributed by atoms with van der Waals surface area (Å²) in [5.74, 6) is -0.0627. The Hall–Kier alpha value is -3.29. The number of hydrogen-bond acceptors (Lipinski definition) is 3. The Morgan fingerprint density at radius 1 is 0.973 bits per heavy atom. The first kappa shape index (κ1) is 24.1. The average Bonchev–Trinajstić information content (AvgIpc) is 3.20. The maximum Gasteiger partial charge on any atom is 0.416 e. The monoisotopic (exact) mass is 525 g/mol. The molecule has 8 heteroatoms. The molecule has 3 aliphatic rings. The van der Waals surface area contributed by atoms with Gasteiger partial charge >= 0.3 is 12.3 Å². The lowest BCUT2D eigenvalue weighted by molar-refractivity contribution is -0.137. The number of nitrogens with zero attached hydrogens (tertiary/aromatic N) is 1. The average molecular weight is 526 g/mol. The summed E-state index contributed by atoms with van der Waals surface area (Å²) in [6.07, 6.45) is -2.83. The second-order valence-electron chi connectivity index (χ2n) is 9.56. The fourth-order valence-corrected chi connectivity index (χ4v) is 5.94. The van der Waals surface area contributed by atoms with Gasteiger partial charge in [0.25, 0.3) is 0 Å². The Morgan fingerprint density at radius 3 is 2.30 bits per heavy atom. The molecule has 37 heavy (non-hydrogen) atoms. The van der Waals surface area contributed by atoms with Gasteiger partial charge in [0.2, 0.25) is 0 Å². The van der Waals surface area contributed by atoms with E-state index in [4.69, 9.17) is 21.1 Å². The van der Waals surface area contributed by atoms with Crippen molar-refractivity contribution in [2.75, 3.05) is 19.8 Å². The van der Waals surface area contributed by atoms with E-state index in [1.165, 1.54) is 6.07 Å². The first-order valence-corrected chi connectivity index (χ1v) is 12.5. The van der Waals surface area contributed by atoms with E-state index in [-0.39, 0.29) is 36.8 Å². The molecule has 2 atom stereocenters. The summed E-state index contributed by atoms with van der Waals surface area (Å²) in [7, 11) is 0. The van der Waals surface area contributed by atoms with E-state index in [1.807, 2.05) is 24.3 Å². The second-order valence-corrected chi connectivity index (χ2v) is 9.97. The van der Waals surface area contributed by atoms with E-state index >= 15 is 0 Å². The van der Waals surface area contributed by atoms with Crippen LogP contribution in [0, 0.1) is 0 Å². The van der Waals surface area contributed by atoms with E-state index < -0.39 is 23.9 Å². The van der Waals surface area contributed by atoms with Crippen LogP contribution in [0.5, 0.6) is 0 Å². The predicted octanol–water partition coefficient (Wildman–Crippen LogP) is 7.16. The minimum Gasteiger partial charge on any atom is -0.448 e. The van der Waals surface area contributed by atoms with Crippen LogP contribution in [-0.4, -0.2) is 42.9 Å². The van der Waals surface area contributed by atoms with Crippen LogP contribution >= 0.6 is 11.6 Å². The molecule has 3 aromatic carbocycles. The molecule has 1 amide bonds. The van der Waals surface area contributed by atoms with Crippen molar-refractivity contribution >= 4 is 23.3 Å². The number of benzene rings is 3. The zero-order valence-electron chi connectivity index (χ0n) is 19.7. The standard InChI is InChI=1S/C29H23ClF3NO3/c30-27-10-9-18(29(31,32)33)13-25(27)17-11-19-14-36-15-20(12-17)34(19)28(35)37-16-26-23-7-3-1-5-21(23)22-6-2-4-8-24(22)26/h1-11,13,19-20,26H,12,14-16H2. The second kappa shape index (κ2) is 9.23. The fourth-order valence-electron chi connectivity index (χ4n) is 5.70. The number of rotatable bonds is 3. The van der Waals surface area contributed by atoms with E-state index in [1.54, 1.807) is 11.0 Å². The zero-order valence-corrected chi connectivity index (χ0v) is 20.4. The number of ether oxygens (including phenoxy) is 2. The number of carbonyl (C=O) groups excluding carboxylic acids is 1. The number of hydrogen-bond donors (Lipinski definition) is 0. The van der Waals surface area contributed by atoms with Crippen LogP contribution in [0.25, 0.3) is 16.7 Å². The maximum absolute atomic E-state index is 13.3. The number of alkyl halides is 3. The van der Waals surface area contributed by atoms with Gasteiger partial charge in [-0.25, -0.2) is 4.79 Å². The molecule has 2 bridgehead atoms. The highest BCUT2D eigenvalue weighted by atomic mass is 35.5. The first-order chi connectivity index (χ1) is 17.8. The minimum absolute atomic E-state index is 0.0627. The predicted molar refractivity (Wildman–Crippen MR) is 134 cm³/mol. The normalized spacial score (nSPS) is 20.8. The van der Waals surface area contributed by atoms with Crippen molar-refractivity contribution in [2.45, 2.75) is 30.6 Å². The van der Waals surface area contributed by atoms with Crippen LogP contribution in [0.4, 0.5) is 18.0 Å². The zero-order chi connectivity index (χ0) is 25.7. The third-order valence-electron chi connectivity index (χ3n) is 7.39. The summed E-state index contributed by atoms with van der Waals surface area (Å²) in [4.78, 5) is 15.0. The molecule has 0 N–H and O–H groups in total. The molecule has 190 valence electrons. The van der Waals surface area contributed by atoms with Gasteiger partial charge in [0, 0.05) is 10.9 Å². The molecule has 2 heterocycles. The molecule has 0 aromatic heterocycles. The van der Waals surface area contributed by atoms with Crippen molar-refractivity contribution in [1.82, 2.24) is 4.90 Å². The van der Waals surface area contributed by atoms with Gasteiger partial charge in [-0.15, -0.1) is 0 Å². The van der Waals surface area contributed by atoms with Crippen molar-refractivity contribution < 1.29 is 27.4 Å². The van der Waals surface area contributed by atoms with Gasteiger partial charge in [0.1, 0.15) is 6.61 Å². The largest absolute Gasteiger partial charge is 0.448 e. The highest BCUT2D eigenvalue weighted by Crippen LogP contribution is 2.45. The Labute approximate surface area is 217 Å². The van der Waals surface area contributed by atoms with E-state index in [0.29, 0.717) is 17.6 Å².